The van der Waals surface area contributed by atoms with Gasteiger partial charge >= 0.3 is 29.6 Å². The second-order valence-electron chi connectivity index (χ2n) is 7.43. The average Bonchev–Trinajstić information content (AvgIpc) is 2.87. The maximum atomic E-state index is 10.9. The van der Waals surface area contributed by atoms with Gasteiger partial charge in [-0.3, -0.25) is 0 Å². The molecule has 0 aliphatic rings. The van der Waals surface area contributed by atoms with Crippen molar-refractivity contribution in [1.29, 1.82) is 0 Å². The van der Waals surface area contributed by atoms with Crippen LogP contribution in [0.1, 0.15) is 29.8 Å². The summed E-state index contributed by atoms with van der Waals surface area (Å²) < 4.78 is 16.5. The molecular formula is C27H28NNaO5S. The maximum absolute atomic E-state index is 10.9. The van der Waals surface area contributed by atoms with Crippen molar-refractivity contribution < 1.29 is 53.7 Å². The number of methoxy groups -OCH3 is 2. The smallest absolute Gasteiger partial charge is 0.545 e. The number of carboxylic acid groups (broad SMARTS) is 1. The largest absolute Gasteiger partial charge is 1.00 e. The van der Waals surface area contributed by atoms with Gasteiger partial charge in [-0.1, -0.05) is 24.3 Å². The number of ether oxygens (including phenoxy) is 3. The summed E-state index contributed by atoms with van der Waals surface area (Å²) in [6, 6.07) is 19.6. The van der Waals surface area contributed by atoms with Gasteiger partial charge in [0.1, 0.15) is 22.9 Å². The molecule has 0 N–H and O–H groups in total. The van der Waals surface area contributed by atoms with Gasteiger partial charge in [0.25, 0.3) is 0 Å². The van der Waals surface area contributed by atoms with Crippen LogP contribution in [0.3, 0.4) is 0 Å². The van der Waals surface area contributed by atoms with Crippen molar-refractivity contribution in [3.8, 4) is 17.2 Å². The molecule has 3 rings (SSSR count). The number of aromatic nitrogens is 1. The minimum absolute atomic E-state index is 0. The van der Waals surface area contributed by atoms with Crippen LogP contribution in [0.25, 0.3) is 6.08 Å². The first-order valence-electron chi connectivity index (χ1n) is 11.0. The summed E-state index contributed by atoms with van der Waals surface area (Å²) in [7, 11) is 3.30. The Hall–Kier alpha value is -2.45. The molecule has 0 amide bonds. The molecule has 1 aromatic heterocycles. The Morgan fingerprint density at radius 1 is 0.971 bits per heavy atom. The molecule has 0 atom stereocenters. The van der Waals surface area contributed by atoms with E-state index in [4.69, 9.17) is 14.2 Å². The van der Waals surface area contributed by atoms with Crippen LogP contribution in [0.15, 0.2) is 71.6 Å². The molecule has 0 unspecified atom stereocenters. The minimum atomic E-state index is -1.28. The number of aliphatic carboxylic acids is 1. The zero-order valence-corrected chi connectivity index (χ0v) is 23.2. The van der Waals surface area contributed by atoms with Crippen LogP contribution in [0.5, 0.6) is 17.2 Å². The molecule has 0 spiro atoms. The third kappa shape index (κ3) is 9.61. The first-order valence-corrected chi connectivity index (χ1v) is 12.0. The summed E-state index contributed by atoms with van der Waals surface area (Å²) in [6.07, 6.45) is 5.16. The van der Waals surface area contributed by atoms with Gasteiger partial charge in [0.05, 0.1) is 32.5 Å². The van der Waals surface area contributed by atoms with Crippen molar-refractivity contribution in [3.63, 3.8) is 0 Å². The number of hydrogen-bond acceptors (Lipinski definition) is 7. The van der Waals surface area contributed by atoms with E-state index < -0.39 is 5.97 Å². The molecular weight excluding hydrogens is 473 g/mol. The van der Waals surface area contributed by atoms with Crippen molar-refractivity contribution in [2.24, 2.45) is 0 Å². The molecule has 3 aromatic rings. The quantitative estimate of drug-likeness (QED) is 0.152. The number of hydrogen-bond donors (Lipinski definition) is 0. The molecule has 0 saturated carbocycles. The molecule has 0 aliphatic heterocycles. The SMILES string of the molecule is COc1ccc(CCCCOc2ccc(CSc3ccccc3OC)nc2C=CC(=O)[O-])cc1.[Na+]. The molecule has 6 nitrogen and oxygen atoms in total. The predicted molar refractivity (Wildman–Crippen MR) is 132 cm³/mol. The number of carbonyl (C=O) groups is 1. The van der Waals surface area contributed by atoms with E-state index >= 15 is 0 Å². The second kappa shape index (κ2) is 15.5. The van der Waals surface area contributed by atoms with Crippen LogP contribution >= 0.6 is 11.8 Å². The monoisotopic (exact) mass is 501 g/mol. The van der Waals surface area contributed by atoms with Gasteiger partial charge in [-0.25, -0.2) is 4.98 Å². The fourth-order valence-corrected chi connectivity index (χ4v) is 4.20. The molecule has 1 heterocycles. The summed E-state index contributed by atoms with van der Waals surface area (Å²) in [4.78, 5) is 16.5. The number of aryl methyl sites for hydroxylation is 1. The van der Waals surface area contributed by atoms with Crippen LogP contribution in [0, 0.1) is 0 Å². The van der Waals surface area contributed by atoms with Crippen LogP contribution in [-0.2, 0) is 17.0 Å². The second-order valence-corrected chi connectivity index (χ2v) is 8.45. The molecule has 0 radical (unpaired) electrons. The van der Waals surface area contributed by atoms with Crippen LogP contribution in [0.2, 0.25) is 0 Å². The number of thioether (sulfide) groups is 1. The number of para-hydroxylation sites is 1. The summed E-state index contributed by atoms with van der Waals surface area (Å²) in [6.45, 7) is 0.513. The van der Waals surface area contributed by atoms with Crippen molar-refractivity contribution in [1.82, 2.24) is 4.98 Å². The molecule has 2 aromatic carbocycles. The van der Waals surface area contributed by atoms with E-state index in [9.17, 15) is 9.90 Å². The number of carboxylic acids is 1. The number of rotatable bonds is 13. The van der Waals surface area contributed by atoms with E-state index in [2.05, 4.69) is 17.1 Å². The Balaban J connectivity index is 0.00000432. The Morgan fingerprint density at radius 3 is 2.46 bits per heavy atom. The summed E-state index contributed by atoms with van der Waals surface area (Å²) in [5, 5.41) is 10.9. The molecule has 0 aliphatic carbocycles. The van der Waals surface area contributed by atoms with E-state index in [0.29, 0.717) is 23.8 Å². The van der Waals surface area contributed by atoms with Crippen molar-refractivity contribution in [2.45, 2.75) is 29.9 Å². The number of benzene rings is 2. The van der Waals surface area contributed by atoms with Crippen LogP contribution in [-0.4, -0.2) is 31.8 Å². The predicted octanol–water partition coefficient (Wildman–Crippen LogP) is 1.56. The zero-order chi connectivity index (χ0) is 24.2. The van der Waals surface area contributed by atoms with E-state index in [-0.39, 0.29) is 29.6 Å². The minimum Gasteiger partial charge on any atom is -0.545 e. The standard InChI is InChI=1S/C27H29NO5S.Na/c1-31-22-13-10-20(11-14-22)7-5-6-18-33-24-16-12-21(28-23(24)15-17-27(29)30)19-34-26-9-4-3-8-25(26)32-2;/h3-4,8-17H,5-7,18-19H2,1-2H3,(H,29,30);/q;+1/p-1. The Labute approximate surface area is 233 Å². The number of pyridine rings is 1. The molecule has 0 fully saturated rings. The Kier molecular flexibility index (Phi) is 12.8. The van der Waals surface area contributed by atoms with Crippen molar-refractivity contribution in [2.75, 3.05) is 20.8 Å². The number of carbonyl (C=O) groups excluding carboxylic acids is 1. The van der Waals surface area contributed by atoms with Gasteiger partial charge in [-0.05, 0) is 73.4 Å². The van der Waals surface area contributed by atoms with Crippen molar-refractivity contribution >= 4 is 23.8 Å². The first kappa shape index (κ1) is 28.8. The molecule has 35 heavy (non-hydrogen) atoms. The Morgan fingerprint density at radius 2 is 1.74 bits per heavy atom. The topological polar surface area (TPSA) is 80.7 Å². The summed E-state index contributed by atoms with van der Waals surface area (Å²) in [5.74, 6) is 1.53. The van der Waals surface area contributed by atoms with Crippen LogP contribution < -0.4 is 48.9 Å². The third-order valence-corrected chi connectivity index (χ3v) is 6.13. The number of nitrogens with zero attached hydrogens (tertiary/aromatic N) is 1. The van der Waals surface area contributed by atoms with E-state index in [1.165, 1.54) is 11.6 Å². The van der Waals surface area contributed by atoms with Crippen molar-refractivity contribution in [3.05, 3.63) is 83.7 Å². The van der Waals surface area contributed by atoms with Gasteiger partial charge < -0.3 is 24.1 Å². The van der Waals surface area contributed by atoms with E-state index in [1.54, 1.807) is 26.0 Å². The van der Waals surface area contributed by atoms with Gasteiger partial charge in [0.2, 0.25) is 0 Å². The molecule has 8 heteroatoms. The summed E-state index contributed by atoms with van der Waals surface area (Å²) >= 11 is 1.60. The number of unbranched alkanes of at least 4 members (excludes halogenated alkanes) is 1. The summed E-state index contributed by atoms with van der Waals surface area (Å²) in [5.41, 5.74) is 2.52. The Bertz CT molecular complexity index is 1100. The third-order valence-electron chi connectivity index (χ3n) is 5.04. The maximum Gasteiger partial charge on any atom is 1.00 e. The first-order chi connectivity index (χ1) is 16.6. The van der Waals surface area contributed by atoms with E-state index in [1.807, 2.05) is 48.5 Å². The molecule has 0 bridgehead atoms. The van der Waals surface area contributed by atoms with Crippen LogP contribution in [0.4, 0.5) is 0 Å². The normalized spacial score (nSPS) is 10.6. The van der Waals surface area contributed by atoms with Gasteiger partial charge in [-0.2, -0.15) is 0 Å². The van der Waals surface area contributed by atoms with Gasteiger partial charge in [0.15, 0.2) is 0 Å². The fraction of sp³-hybridized carbons (Fsp3) is 0.259. The van der Waals surface area contributed by atoms with Gasteiger partial charge in [-0.15, -0.1) is 11.8 Å². The van der Waals surface area contributed by atoms with Gasteiger partial charge in [0, 0.05) is 10.6 Å². The fourth-order valence-electron chi connectivity index (χ4n) is 3.27. The molecule has 178 valence electrons. The molecule has 0 saturated heterocycles. The zero-order valence-electron chi connectivity index (χ0n) is 20.4. The average molecular weight is 502 g/mol. The van der Waals surface area contributed by atoms with E-state index in [0.717, 1.165) is 47.4 Å².